The maximum atomic E-state index is 11.2. The molecule has 0 saturated heterocycles. The number of benzene rings is 2. The van der Waals surface area contributed by atoms with Crippen molar-refractivity contribution in [2.75, 3.05) is 7.11 Å². The van der Waals surface area contributed by atoms with E-state index in [9.17, 15) is 9.90 Å². The minimum atomic E-state index is -0.956. The summed E-state index contributed by atoms with van der Waals surface area (Å²) in [7, 11) is 1.65. The van der Waals surface area contributed by atoms with Gasteiger partial charge in [-0.05, 0) is 74.4 Å². The molecule has 2 aromatic rings. The standard InChI is InChI=1S/C25H27NO4/c1-29-22-10-9-19(14-23(22)30-21-7-2-3-8-21)25(15-20(26)16-25)12-11-17-5-4-6-18(13-17)24(27)28/h4-6,9-10,13-14,20-21H,2-3,7-8,15-16,26H2,1H3,(H,27,28). The molecule has 4 rings (SSSR count). The van der Waals surface area contributed by atoms with Gasteiger partial charge in [0.15, 0.2) is 11.5 Å². The Hall–Kier alpha value is -2.97. The first-order valence-electron chi connectivity index (χ1n) is 10.5. The van der Waals surface area contributed by atoms with Crippen LogP contribution < -0.4 is 15.2 Å². The molecular weight excluding hydrogens is 378 g/mol. The van der Waals surface area contributed by atoms with Gasteiger partial charge in [-0.15, -0.1) is 0 Å². The fourth-order valence-electron chi connectivity index (χ4n) is 4.42. The van der Waals surface area contributed by atoms with Gasteiger partial charge in [-0.25, -0.2) is 4.79 Å². The fourth-order valence-corrected chi connectivity index (χ4v) is 4.42. The van der Waals surface area contributed by atoms with Crippen molar-refractivity contribution in [1.82, 2.24) is 0 Å². The molecule has 2 fully saturated rings. The first kappa shape index (κ1) is 20.3. The molecule has 0 bridgehead atoms. The maximum Gasteiger partial charge on any atom is 0.335 e. The summed E-state index contributed by atoms with van der Waals surface area (Å²) < 4.78 is 11.8. The van der Waals surface area contributed by atoms with Crippen molar-refractivity contribution in [1.29, 1.82) is 0 Å². The van der Waals surface area contributed by atoms with Crippen molar-refractivity contribution in [2.24, 2.45) is 5.73 Å². The van der Waals surface area contributed by atoms with Crippen LogP contribution in [0, 0.1) is 11.8 Å². The third-order valence-corrected chi connectivity index (χ3v) is 6.09. The summed E-state index contributed by atoms with van der Waals surface area (Å²) in [5.41, 5.74) is 7.78. The summed E-state index contributed by atoms with van der Waals surface area (Å²) in [6.07, 6.45) is 6.30. The summed E-state index contributed by atoms with van der Waals surface area (Å²) >= 11 is 0. The monoisotopic (exact) mass is 405 g/mol. The van der Waals surface area contributed by atoms with Crippen molar-refractivity contribution in [3.8, 4) is 23.3 Å². The quantitative estimate of drug-likeness (QED) is 0.731. The van der Waals surface area contributed by atoms with Crippen LogP contribution in [0.3, 0.4) is 0 Å². The molecule has 2 aromatic carbocycles. The van der Waals surface area contributed by atoms with Crippen LogP contribution in [0.15, 0.2) is 42.5 Å². The van der Waals surface area contributed by atoms with E-state index < -0.39 is 5.97 Å². The van der Waals surface area contributed by atoms with E-state index in [-0.39, 0.29) is 23.1 Å². The molecule has 3 N–H and O–H groups in total. The number of carboxylic acid groups (broad SMARTS) is 1. The van der Waals surface area contributed by atoms with Gasteiger partial charge in [0.1, 0.15) is 0 Å². The van der Waals surface area contributed by atoms with Crippen LogP contribution in [0.1, 0.15) is 60.0 Å². The topological polar surface area (TPSA) is 81.8 Å². The van der Waals surface area contributed by atoms with E-state index >= 15 is 0 Å². The third kappa shape index (κ3) is 4.15. The predicted molar refractivity (Wildman–Crippen MR) is 115 cm³/mol. The smallest absolute Gasteiger partial charge is 0.335 e. The molecule has 30 heavy (non-hydrogen) atoms. The Kier molecular flexibility index (Phi) is 5.69. The zero-order valence-electron chi connectivity index (χ0n) is 17.2. The van der Waals surface area contributed by atoms with Gasteiger partial charge < -0.3 is 20.3 Å². The number of ether oxygens (including phenoxy) is 2. The van der Waals surface area contributed by atoms with Gasteiger partial charge in [0, 0.05) is 11.6 Å². The summed E-state index contributed by atoms with van der Waals surface area (Å²) in [6.45, 7) is 0. The first-order chi connectivity index (χ1) is 14.5. The van der Waals surface area contributed by atoms with Crippen LogP contribution in [0.5, 0.6) is 11.5 Å². The second-order valence-electron chi connectivity index (χ2n) is 8.28. The van der Waals surface area contributed by atoms with Gasteiger partial charge in [-0.3, -0.25) is 0 Å². The molecule has 0 atom stereocenters. The second kappa shape index (κ2) is 8.41. The maximum absolute atomic E-state index is 11.2. The lowest BCUT2D eigenvalue weighted by molar-refractivity contribution is 0.0697. The Labute approximate surface area is 177 Å². The number of carbonyl (C=O) groups is 1. The van der Waals surface area contributed by atoms with Gasteiger partial charge >= 0.3 is 5.97 Å². The minimum absolute atomic E-state index is 0.103. The highest BCUT2D eigenvalue weighted by Gasteiger charge is 2.43. The summed E-state index contributed by atoms with van der Waals surface area (Å²) in [5, 5.41) is 9.21. The molecule has 0 radical (unpaired) electrons. The van der Waals surface area contributed by atoms with Crippen LogP contribution in [0.2, 0.25) is 0 Å². The van der Waals surface area contributed by atoms with E-state index in [4.69, 9.17) is 15.2 Å². The van der Waals surface area contributed by atoms with Crippen molar-refractivity contribution < 1.29 is 19.4 Å². The van der Waals surface area contributed by atoms with Crippen molar-refractivity contribution in [3.05, 3.63) is 59.2 Å². The van der Waals surface area contributed by atoms with Crippen molar-refractivity contribution in [3.63, 3.8) is 0 Å². The molecule has 0 amide bonds. The summed E-state index contributed by atoms with van der Waals surface area (Å²) in [5.74, 6) is 7.12. The molecule has 0 aromatic heterocycles. The Morgan fingerprint density at radius 1 is 1.13 bits per heavy atom. The van der Waals surface area contributed by atoms with Gasteiger partial charge in [0.2, 0.25) is 0 Å². The summed E-state index contributed by atoms with van der Waals surface area (Å²) in [4.78, 5) is 11.2. The number of aromatic carboxylic acids is 1. The minimum Gasteiger partial charge on any atom is -0.493 e. The average Bonchev–Trinajstić information content (AvgIpc) is 3.23. The zero-order chi connectivity index (χ0) is 21.1. The SMILES string of the molecule is COc1ccc(C2(C#Cc3cccc(C(=O)O)c3)CC(N)C2)cc1OC1CCCC1. The average molecular weight is 405 g/mol. The number of hydrogen-bond acceptors (Lipinski definition) is 4. The van der Waals surface area contributed by atoms with Gasteiger partial charge in [0.05, 0.1) is 24.2 Å². The lowest BCUT2D eigenvalue weighted by Gasteiger charge is -2.43. The molecule has 0 heterocycles. The third-order valence-electron chi connectivity index (χ3n) is 6.09. The number of carboxylic acids is 1. The Balaban J connectivity index is 1.66. The number of methoxy groups -OCH3 is 1. The van der Waals surface area contributed by atoms with E-state index in [1.807, 2.05) is 24.3 Å². The molecule has 0 unspecified atom stereocenters. The molecule has 0 aliphatic heterocycles. The van der Waals surface area contributed by atoms with E-state index in [1.165, 1.54) is 12.8 Å². The number of rotatable bonds is 5. The molecule has 2 aliphatic rings. The predicted octanol–water partition coefficient (Wildman–Crippen LogP) is 4.13. The largest absolute Gasteiger partial charge is 0.493 e. The highest BCUT2D eigenvalue weighted by molar-refractivity contribution is 5.88. The lowest BCUT2D eigenvalue weighted by atomic mass is 9.62. The highest BCUT2D eigenvalue weighted by atomic mass is 16.5. The van der Waals surface area contributed by atoms with Crippen LogP contribution in [-0.4, -0.2) is 30.3 Å². The van der Waals surface area contributed by atoms with Gasteiger partial charge in [-0.1, -0.05) is 24.0 Å². The fraction of sp³-hybridized carbons (Fsp3) is 0.400. The lowest BCUT2D eigenvalue weighted by Crippen LogP contribution is -2.48. The summed E-state index contributed by atoms with van der Waals surface area (Å²) in [6, 6.07) is 12.8. The zero-order valence-corrected chi connectivity index (χ0v) is 17.2. The Morgan fingerprint density at radius 2 is 1.90 bits per heavy atom. The second-order valence-corrected chi connectivity index (χ2v) is 8.28. The molecular formula is C25H27NO4. The van der Waals surface area contributed by atoms with E-state index in [0.29, 0.717) is 5.56 Å². The van der Waals surface area contributed by atoms with Crippen molar-refractivity contribution >= 4 is 5.97 Å². The number of hydrogen-bond donors (Lipinski definition) is 2. The number of nitrogens with two attached hydrogens (primary N) is 1. The van der Waals surface area contributed by atoms with E-state index in [2.05, 4.69) is 11.8 Å². The van der Waals surface area contributed by atoms with Gasteiger partial charge in [-0.2, -0.15) is 0 Å². The molecule has 2 saturated carbocycles. The Morgan fingerprint density at radius 3 is 2.57 bits per heavy atom. The molecule has 5 nitrogen and oxygen atoms in total. The van der Waals surface area contributed by atoms with Crippen LogP contribution >= 0.6 is 0 Å². The Bertz CT molecular complexity index is 992. The normalized spacial score (nSPS) is 23.2. The molecule has 0 spiro atoms. The first-order valence-corrected chi connectivity index (χ1v) is 10.5. The highest BCUT2D eigenvalue weighted by Crippen LogP contribution is 2.45. The molecule has 156 valence electrons. The molecule has 5 heteroatoms. The van der Waals surface area contributed by atoms with Crippen LogP contribution in [-0.2, 0) is 5.41 Å². The van der Waals surface area contributed by atoms with Crippen molar-refractivity contribution in [2.45, 2.75) is 56.1 Å². The van der Waals surface area contributed by atoms with Gasteiger partial charge in [0.25, 0.3) is 0 Å². The molecule has 2 aliphatic carbocycles. The van der Waals surface area contributed by atoms with Crippen LogP contribution in [0.25, 0.3) is 0 Å². The van der Waals surface area contributed by atoms with E-state index in [1.54, 1.807) is 25.3 Å². The van der Waals surface area contributed by atoms with Crippen LogP contribution in [0.4, 0.5) is 0 Å². The van der Waals surface area contributed by atoms with E-state index in [0.717, 1.165) is 42.7 Å².